The van der Waals surface area contributed by atoms with E-state index in [0.29, 0.717) is 23.9 Å². The van der Waals surface area contributed by atoms with Crippen molar-refractivity contribution in [2.75, 3.05) is 20.8 Å². The molecule has 0 fully saturated rings. The largest absolute Gasteiger partial charge is 0.493 e. The molecule has 198 valence electrons. The number of nitrogens with one attached hydrogen (secondary N) is 2. The van der Waals surface area contributed by atoms with E-state index in [9.17, 15) is 13.2 Å². The summed E-state index contributed by atoms with van der Waals surface area (Å²) in [6, 6.07) is 17.2. The highest BCUT2D eigenvalue weighted by molar-refractivity contribution is 7.89. The van der Waals surface area contributed by atoms with Crippen molar-refractivity contribution in [3.8, 4) is 17.2 Å². The van der Waals surface area contributed by atoms with Crippen LogP contribution in [0.5, 0.6) is 17.2 Å². The van der Waals surface area contributed by atoms with E-state index >= 15 is 0 Å². The van der Waals surface area contributed by atoms with Gasteiger partial charge in [0.1, 0.15) is 11.8 Å². The van der Waals surface area contributed by atoms with Gasteiger partial charge in [0.15, 0.2) is 11.5 Å². The van der Waals surface area contributed by atoms with Gasteiger partial charge in [0, 0.05) is 0 Å². The number of amides is 1. The van der Waals surface area contributed by atoms with Crippen molar-refractivity contribution in [2.24, 2.45) is 0 Å². The Bertz CT molecular complexity index is 1320. The molecule has 0 bridgehead atoms. The van der Waals surface area contributed by atoms with Crippen LogP contribution in [0.25, 0.3) is 0 Å². The van der Waals surface area contributed by atoms with E-state index in [4.69, 9.17) is 25.8 Å². The molecule has 0 aliphatic rings. The standard InChI is InChI=1S/C27H31ClN2O6S/c1-5-36-24-14-12-21(17-22(24)28)37(32,33)30-23(15-19-9-7-6-8-10-19)27(31)29-18(2)20-11-13-25(34-3)26(16-20)35-4/h6-14,16-18,23,30H,5,15H2,1-4H3,(H,29,31)/t18-,23+/m0/s1. The van der Waals surface area contributed by atoms with Crippen molar-refractivity contribution in [1.82, 2.24) is 10.0 Å². The Balaban J connectivity index is 1.85. The zero-order valence-electron chi connectivity index (χ0n) is 21.2. The van der Waals surface area contributed by atoms with E-state index in [2.05, 4.69) is 10.0 Å². The summed E-state index contributed by atoms with van der Waals surface area (Å²) in [5.74, 6) is 0.987. The number of benzene rings is 3. The molecule has 0 saturated carbocycles. The Morgan fingerprint density at radius 3 is 2.24 bits per heavy atom. The fraction of sp³-hybridized carbons (Fsp3) is 0.296. The summed E-state index contributed by atoms with van der Waals surface area (Å²) in [6.07, 6.45) is 0.148. The van der Waals surface area contributed by atoms with Crippen LogP contribution in [-0.4, -0.2) is 41.2 Å². The van der Waals surface area contributed by atoms with Gasteiger partial charge in [0.2, 0.25) is 15.9 Å². The third-order valence-corrected chi connectivity index (χ3v) is 7.44. The predicted octanol–water partition coefficient (Wildman–Crippen LogP) is 4.52. The van der Waals surface area contributed by atoms with Crippen LogP contribution in [0.2, 0.25) is 5.02 Å². The van der Waals surface area contributed by atoms with Crippen molar-refractivity contribution < 1.29 is 27.4 Å². The van der Waals surface area contributed by atoms with E-state index in [0.717, 1.165) is 11.1 Å². The van der Waals surface area contributed by atoms with Crippen LogP contribution in [0.3, 0.4) is 0 Å². The Morgan fingerprint density at radius 2 is 1.62 bits per heavy atom. The van der Waals surface area contributed by atoms with Crippen molar-refractivity contribution in [2.45, 2.75) is 37.2 Å². The molecule has 8 nitrogen and oxygen atoms in total. The van der Waals surface area contributed by atoms with Gasteiger partial charge < -0.3 is 19.5 Å². The number of halogens is 1. The number of sulfonamides is 1. The van der Waals surface area contributed by atoms with Crippen molar-refractivity contribution in [3.63, 3.8) is 0 Å². The van der Waals surface area contributed by atoms with Crippen LogP contribution >= 0.6 is 11.6 Å². The number of hydrogen-bond acceptors (Lipinski definition) is 6. The van der Waals surface area contributed by atoms with Gasteiger partial charge >= 0.3 is 0 Å². The molecular formula is C27H31ClN2O6S. The lowest BCUT2D eigenvalue weighted by molar-refractivity contribution is -0.123. The minimum absolute atomic E-state index is 0.0697. The molecule has 0 heterocycles. The molecule has 0 spiro atoms. The van der Waals surface area contributed by atoms with Crippen molar-refractivity contribution in [1.29, 1.82) is 0 Å². The number of methoxy groups -OCH3 is 2. The van der Waals surface area contributed by atoms with Crippen LogP contribution in [-0.2, 0) is 21.2 Å². The highest BCUT2D eigenvalue weighted by Gasteiger charge is 2.28. The summed E-state index contributed by atoms with van der Waals surface area (Å²) >= 11 is 6.21. The fourth-order valence-electron chi connectivity index (χ4n) is 3.73. The molecule has 0 unspecified atom stereocenters. The van der Waals surface area contributed by atoms with Gasteiger partial charge in [0.25, 0.3) is 0 Å². The molecular weight excluding hydrogens is 516 g/mol. The molecule has 3 rings (SSSR count). The Labute approximate surface area is 222 Å². The Kier molecular flexibility index (Phi) is 9.79. The average molecular weight is 547 g/mol. The van der Waals surface area contributed by atoms with E-state index in [-0.39, 0.29) is 16.3 Å². The predicted molar refractivity (Wildman–Crippen MR) is 143 cm³/mol. The van der Waals surface area contributed by atoms with Gasteiger partial charge in [-0.1, -0.05) is 48.0 Å². The summed E-state index contributed by atoms with van der Waals surface area (Å²) in [5, 5.41) is 3.07. The van der Waals surface area contributed by atoms with Gasteiger partial charge in [-0.05, 0) is 61.7 Å². The van der Waals surface area contributed by atoms with Crippen molar-refractivity contribution in [3.05, 3.63) is 82.9 Å². The Hall–Kier alpha value is -3.27. The summed E-state index contributed by atoms with van der Waals surface area (Å²) in [5.41, 5.74) is 1.57. The van der Waals surface area contributed by atoms with Crippen LogP contribution in [0.4, 0.5) is 0 Å². The zero-order chi connectivity index (χ0) is 27.0. The maximum atomic E-state index is 13.4. The van der Waals surface area contributed by atoms with Crippen LogP contribution in [0, 0.1) is 0 Å². The second-order valence-electron chi connectivity index (χ2n) is 8.23. The Morgan fingerprint density at radius 1 is 0.946 bits per heavy atom. The second-order valence-corrected chi connectivity index (χ2v) is 10.4. The molecule has 0 aliphatic heterocycles. The first-order chi connectivity index (χ1) is 17.7. The van der Waals surface area contributed by atoms with Gasteiger partial charge in [-0.15, -0.1) is 0 Å². The molecule has 37 heavy (non-hydrogen) atoms. The first kappa shape index (κ1) is 28.3. The lowest BCUT2D eigenvalue weighted by Crippen LogP contribution is -2.48. The van der Waals surface area contributed by atoms with E-state index < -0.39 is 28.0 Å². The monoisotopic (exact) mass is 546 g/mol. The maximum Gasteiger partial charge on any atom is 0.241 e. The number of hydrogen-bond donors (Lipinski definition) is 2. The quantitative estimate of drug-likeness (QED) is 0.346. The molecule has 3 aromatic carbocycles. The number of rotatable bonds is 12. The normalized spacial score (nSPS) is 12.9. The van der Waals surface area contributed by atoms with Gasteiger partial charge in [-0.3, -0.25) is 4.79 Å². The third-order valence-electron chi connectivity index (χ3n) is 5.68. The maximum absolute atomic E-state index is 13.4. The molecule has 0 saturated heterocycles. The third kappa shape index (κ3) is 7.38. The summed E-state index contributed by atoms with van der Waals surface area (Å²) in [4.78, 5) is 13.3. The zero-order valence-corrected chi connectivity index (χ0v) is 22.7. The van der Waals surface area contributed by atoms with Crippen LogP contribution < -0.4 is 24.2 Å². The molecule has 0 aromatic heterocycles. The van der Waals surface area contributed by atoms with Crippen LogP contribution in [0.15, 0.2) is 71.6 Å². The van der Waals surface area contributed by atoms with E-state index in [1.165, 1.54) is 25.3 Å². The molecule has 1 amide bonds. The molecule has 3 aromatic rings. The summed E-state index contributed by atoms with van der Waals surface area (Å²) < 4.78 is 45.1. The van der Waals surface area contributed by atoms with Gasteiger partial charge in [-0.2, -0.15) is 4.72 Å². The molecule has 2 atom stereocenters. The lowest BCUT2D eigenvalue weighted by Gasteiger charge is -2.22. The minimum Gasteiger partial charge on any atom is -0.493 e. The second kappa shape index (κ2) is 12.8. The van der Waals surface area contributed by atoms with E-state index in [1.807, 2.05) is 36.4 Å². The fourth-order valence-corrected chi connectivity index (χ4v) is 5.25. The summed E-state index contributed by atoms with van der Waals surface area (Å²) in [7, 11) is -1.01. The first-order valence-corrected chi connectivity index (χ1v) is 13.6. The van der Waals surface area contributed by atoms with Crippen LogP contribution in [0.1, 0.15) is 31.0 Å². The van der Waals surface area contributed by atoms with Gasteiger partial charge in [0.05, 0.1) is 36.8 Å². The van der Waals surface area contributed by atoms with Gasteiger partial charge in [-0.25, -0.2) is 8.42 Å². The molecule has 0 radical (unpaired) electrons. The average Bonchev–Trinajstić information content (AvgIpc) is 2.89. The molecule has 0 aliphatic carbocycles. The SMILES string of the molecule is CCOc1ccc(S(=O)(=O)N[C@H](Cc2ccccc2)C(=O)N[C@@H](C)c2ccc(OC)c(OC)c2)cc1Cl. The highest BCUT2D eigenvalue weighted by Crippen LogP contribution is 2.30. The van der Waals surface area contributed by atoms with Crippen molar-refractivity contribution >= 4 is 27.5 Å². The first-order valence-electron chi connectivity index (χ1n) is 11.7. The lowest BCUT2D eigenvalue weighted by atomic mass is 10.0. The molecule has 2 N–H and O–H groups in total. The number of carbonyl (C=O) groups excluding carboxylic acids is 1. The topological polar surface area (TPSA) is 103 Å². The minimum atomic E-state index is -4.09. The van der Waals surface area contributed by atoms with E-state index in [1.54, 1.807) is 33.1 Å². The summed E-state index contributed by atoms with van der Waals surface area (Å²) in [6.45, 7) is 4.00. The molecule has 10 heteroatoms. The number of carbonyl (C=O) groups is 1. The highest BCUT2D eigenvalue weighted by atomic mass is 35.5. The smallest absolute Gasteiger partial charge is 0.241 e. The number of ether oxygens (including phenoxy) is 3.